The molecular formula is C8H5N3S. The van der Waals surface area contributed by atoms with Gasteiger partial charge in [0, 0.05) is 6.20 Å². The molecule has 0 aliphatic heterocycles. The smallest absolute Gasteiger partial charge is 0.101 e. The van der Waals surface area contributed by atoms with Crippen molar-refractivity contribution >= 4 is 23.1 Å². The van der Waals surface area contributed by atoms with E-state index in [1.807, 2.05) is 6.07 Å². The van der Waals surface area contributed by atoms with Crippen LogP contribution in [0.2, 0.25) is 0 Å². The largest absolute Gasteiger partial charge is 0.258 e. The Morgan fingerprint density at radius 1 is 1.67 bits per heavy atom. The zero-order chi connectivity index (χ0) is 8.97. The minimum atomic E-state index is 0.476. The van der Waals surface area contributed by atoms with Crippen LogP contribution >= 0.6 is 12.2 Å². The molecule has 1 heterocycles. The second-order valence-electron chi connectivity index (χ2n) is 2.14. The molecule has 1 aromatic heterocycles. The summed E-state index contributed by atoms with van der Waals surface area (Å²) in [5.74, 6) is 0. The van der Waals surface area contributed by atoms with Gasteiger partial charge in [-0.25, -0.2) is 0 Å². The fraction of sp³-hybridized carbons (Fsp3) is 0.125. The van der Waals surface area contributed by atoms with Crippen molar-refractivity contribution in [2.45, 2.75) is 6.92 Å². The van der Waals surface area contributed by atoms with Crippen LogP contribution in [0.5, 0.6) is 0 Å². The summed E-state index contributed by atoms with van der Waals surface area (Å²) in [5, 5.41) is 10.8. The number of isothiocyanates is 1. The Labute approximate surface area is 75.4 Å². The molecule has 4 heteroatoms. The first-order valence-corrected chi connectivity index (χ1v) is 3.63. The highest BCUT2D eigenvalue weighted by molar-refractivity contribution is 7.78. The van der Waals surface area contributed by atoms with Crippen LogP contribution in [0.4, 0.5) is 5.69 Å². The second kappa shape index (κ2) is 3.72. The maximum Gasteiger partial charge on any atom is 0.101 e. The number of pyridine rings is 1. The van der Waals surface area contributed by atoms with Crippen LogP contribution in [0.15, 0.2) is 17.3 Å². The molecule has 1 aromatic rings. The fourth-order valence-corrected chi connectivity index (χ4v) is 0.843. The Kier molecular flexibility index (Phi) is 2.65. The molecule has 0 amide bonds. The third kappa shape index (κ3) is 1.73. The van der Waals surface area contributed by atoms with E-state index in [1.54, 1.807) is 13.0 Å². The summed E-state index contributed by atoms with van der Waals surface area (Å²) in [4.78, 5) is 7.73. The highest BCUT2D eigenvalue weighted by Gasteiger charge is 1.98. The average Bonchev–Trinajstić information content (AvgIpc) is 2.09. The Morgan fingerprint density at radius 2 is 2.42 bits per heavy atom. The molecule has 0 radical (unpaired) electrons. The van der Waals surface area contributed by atoms with Gasteiger partial charge in [0.15, 0.2) is 0 Å². The minimum absolute atomic E-state index is 0.476. The monoisotopic (exact) mass is 175 g/mol. The van der Waals surface area contributed by atoms with Gasteiger partial charge in [-0.15, -0.1) is 0 Å². The van der Waals surface area contributed by atoms with Crippen molar-refractivity contribution < 1.29 is 0 Å². The Bertz CT molecular complexity index is 386. The van der Waals surface area contributed by atoms with Crippen molar-refractivity contribution in [2.75, 3.05) is 0 Å². The van der Waals surface area contributed by atoms with Gasteiger partial charge >= 0.3 is 0 Å². The predicted octanol–water partition coefficient (Wildman–Crippen LogP) is 2.00. The third-order valence-corrected chi connectivity index (χ3v) is 1.45. The average molecular weight is 175 g/mol. The van der Waals surface area contributed by atoms with E-state index in [4.69, 9.17) is 5.26 Å². The fourth-order valence-electron chi connectivity index (χ4n) is 0.745. The molecule has 0 N–H and O–H groups in total. The van der Waals surface area contributed by atoms with Gasteiger partial charge in [-0.2, -0.15) is 10.3 Å². The summed E-state index contributed by atoms with van der Waals surface area (Å²) in [6.07, 6.45) is 1.50. The normalized spacial score (nSPS) is 8.33. The summed E-state index contributed by atoms with van der Waals surface area (Å²) in [7, 11) is 0. The first kappa shape index (κ1) is 8.54. The summed E-state index contributed by atoms with van der Waals surface area (Å²) in [5.41, 5.74) is 1.82. The summed E-state index contributed by atoms with van der Waals surface area (Å²) < 4.78 is 0. The van der Waals surface area contributed by atoms with E-state index in [0.29, 0.717) is 11.3 Å². The van der Waals surface area contributed by atoms with E-state index < -0.39 is 0 Å². The van der Waals surface area contributed by atoms with Gasteiger partial charge in [0.2, 0.25) is 0 Å². The van der Waals surface area contributed by atoms with Gasteiger partial charge in [-0.3, -0.25) is 4.98 Å². The molecule has 0 fully saturated rings. The van der Waals surface area contributed by atoms with Crippen LogP contribution in [0, 0.1) is 18.3 Å². The first-order chi connectivity index (χ1) is 5.77. The Balaban J connectivity index is 3.28. The van der Waals surface area contributed by atoms with Crippen molar-refractivity contribution in [3.63, 3.8) is 0 Å². The first-order valence-electron chi connectivity index (χ1n) is 3.22. The third-order valence-electron chi connectivity index (χ3n) is 1.36. The quantitative estimate of drug-likeness (QED) is 0.484. The zero-order valence-corrected chi connectivity index (χ0v) is 7.22. The molecule has 0 aromatic carbocycles. The van der Waals surface area contributed by atoms with E-state index in [9.17, 15) is 0 Å². The second-order valence-corrected chi connectivity index (χ2v) is 2.33. The SMILES string of the molecule is Cc1ncc(C#N)cc1N=C=S. The molecule has 0 bridgehead atoms. The van der Waals surface area contributed by atoms with Gasteiger partial charge in [0.05, 0.1) is 22.1 Å². The molecular weight excluding hydrogens is 170 g/mol. The standard InChI is InChI=1S/C8H5N3S/c1-6-8(11-5-12)2-7(3-9)4-10-6/h2,4H,1H3. The molecule has 0 aliphatic carbocycles. The Morgan fingerprint density at radius 3 is 3.00 bits per heavy atom. The summed E-state index contributed by atoms with van der Waals surface area (Å²) in [6.45, 7) is 1.80. The summed E-state index contributed by atoms with van der Waals surface area (Å²) in [6, 6.07) is 3.60. The number of hydrogen-bond acceptors (Lipinski definition) is 4. The maximum absolute atomic E-state index is 8.54. The van der Waals surface area contributed by atoms with E-state index >= 15 is 0 Å². The number of nitriles is 1. The van der Waals surface area contributed by atoms with Crippen LogP contribution in [0.1, 0.15) is 11.3 Å². The molecule has 0 spiro atoms. The van der Waals surface area contributed by atoms with Crippen LogP contribution in [-0.2, 0) is 0 Å². The molecule has 3 nitrogen and oxygen atoms in total. The van der Waals surface area contributed by atoms with Crippen LogP contribution < -0.4 is 0 Å². The molecule has 12 heavy (non-hydrogen) atoms. The lowest BCUT2D eigenvalue weighted by Crippen LogP contribution is -1.83. The molecule has 1 rings (SSSR count). The molecule has 0 saturated heterocycles. The number of rotatable bonds is 1. The molecule has 0 aliphatic rings. The van der Waals surface area contributed by atoms with E-state index in [-0.39, 0.29) is 0 Å². The number of nitrogens with zero attached hydrogens (tertiary/aromatic N) is 3. The number of thiocarbonyl (C=S) groups is 1. The van der Waals surface area contributed by atoms with Crippen LogP contribution in [0.3, 0.4) is 0 Å². The van der Waals surface area contributed by atoms with Gasteiger partial charge in [-0.05, 0) is 25.2 Å². The van der Waals surface area contributed by atoms with Gasteiger partial charge in [-0.1, -0.05) is 0 Å². The van der Waals surface area contributed by atoms with Crippen molar-refractivity contribution in [1.82, 2.24) is 4.98 Å². The number of aryl methyl sites for hydroxylation is 1. The number of aliphatic imine (C=N–C) groups is 1. The highest BCUT2D eigenvalue weighted by atomic mass is 32.1. The van der Waals surface area contributed by atoms with E-state index in [1.165, 1.54) is 6.20 Å². The highest BCUT2D eigenvalue weighted by Crippen LogP contribution is 2.16. The van der Waals surface area contributed by atoms with Gasteiger partial charge in [0.25, 0.3) is 0 Å². The molecule has 0 saturated carbocycles. The maximum atomic E-state index is 8.54. The van der Waals surface area contributed by atoms with Gasteiger partial charge < -0.3 is 0 Å². The summed E-state index contributed by atoms with van der Waals surface area (Å²) >= 11 is 4.45. The van der Waals surface area contributed by atoms with Crippen molar-refractivity contribution in [3.05, 3.63) is 23.5 Å². The van der Waals surface area contributed by atoms with Crippen molar-refractivity contribution in [1.29, 1.82) is 5.26 Å². The van der Waals surface area contributed by atoms with Gasteiger partial charge in [0.1, 0.15) is 6.07 Å². The lowest BCUT2D eigenvalue weighted by atomic mass is 10.2. The van der Waals surface area contributed by atoms with E-state index in [2.05, 4.69) is 27.4 Å². The lowest BCUT2D eigenvalue weighted by molar-refractivity contribution is 1.18. The number of hydrogen-bond donors (Lipinski definition) is 0. The molecule has 58 valence electrons. The minimum Gasteiger partial charge on any atom is -0.258 e. The zero-order valence-electron chi connectivity index (χ0n) is 6.40. The van der Waals surface area contributed by atoms with E-state index in [0.717, 1.165) is 5.69 Å². The van der Waals surface area contributed by atoms with Crippen molar-refractivity contribution in [3.8, 4) is 6.07 Å². The molecule has 0 unspecified atom stereocenters. The number of aromatic nitrogens is 1. The topological polar surface area (TPSA) is 49.0 Å². The Hall–Kier alpha value is -1.56. The molecule has 0 atom stereocenters. The van der Waals surface area contributed by atoms with Crippen molar-refractivity contribution in [2.24, 2.45) is 4.99 Å². The lowest BCUT2D eigenvalue weighted by Gasteiger charge is -1.95. The predicted molar refractivity (Wildman–Crippen MR) is 48.4 cm³/mol. The van der Waals surface area contributed by atoms with Crippen LogP contribution in [0.25, 0.3) is 0 Å². The van der Waals surface area contributed by atoms with Crippen LogP contribution in [-0.4, -0.2) is 10.1 Å².